The number of nitrogens with two attached hydrogens (primary N) is 1. The van der Waals surface area contributed by atoms with E-state index in [0.717, 1.165) is 11.1 Å². The molecule has 1 aromatic heterocycles. The molecule has 0 fully saturated rings. The average Bonchev–Trinajstić information content (AvgIpc) is 2.76. The highest BCUT2D eigenvalue weighted by Crippen LogP contribution is 2.20. The quantitative estimate of drug-likeness (QED) is 0.765. The maximum atomic E-state index is 12.2. The molecule has 0 spiro atoms. The fourth-order valence-electron chi connectivity index (χ4n) is 1.63. The van der Waals surface area contributed by atoms with Crippen LogP contribution in [-0.4, -0.2) is 16.1 Å². The number of H-pyrrole nitrogens is 1. The van der Waals surface area contributed by atoms with Crippen LogP contribution in [0.1, 0.15) is 18.1 Å². The molecule has 0 radical (unpaired) electrons. The Bertz CT molecular complexity index is 545. The van der Waals surface area contributed by atoms with Crippen LogP contribution in [0.2, 0.25) is 0 Å². The molecular weight excluding hydrogens is 228 g/mol. The number of benzene rings is 1. The molecule has 0 saturated carbocycles. The van der Waals surface area contributed by atoms with Crippen molar-refractivity contribution in [2.45, 2.75) is 19.4 Å². The third-order valence-corrected chi connectivity index (χ3v) is 2.91. The Hall–Kier alpha value is -2.14. The fraction of sp³-hybridized carbons (Fsp3) is 0.231. The minimum absolute atomic E-state index is 0.277. The molecule has 4 N–H and O–H groups in total. The summed E-state index contributed by atoms with van der Waals surface area (Å²) in [5.74, 6) is 0.300. The minimum Gasteiger partial charge on any atom is -0.314 e. The zero-order valence-corrected chi connectivity index (χ0v) is 10.4. The number of aromatic amines is 1. The Morgan fingerprint density at radius 1 is 1.39 bits per heavy atom. The number of aromatic nitrogens is 2. The SMILES string of the molecule is Cc1cn[nH]c1NC(=O)C(C)(N)c1ccccc1. The monoisotopic (exact) mass is 244 g/mol. The highest BCUT2D eigenvalue weighted by Gasteiger charge is 2.30. The molecule has 1 aromatic carbocycles. The standard InChI is InChI=1S/C13H16N4O/c1-9-8-15-17-11(9)16-12(18)13(2,14)10-6-4-3-5-7-10/h3-8H,14H2,1-2H3,(H2,15,16,17,18). The molecule has 1 amide bonds. The Kier molecular flexibility index (Phi) is 3.16. The van der Waals surface area contributed by atoms with Gasteiger partial charge in [0.1, 0.15) is 11.4 Å². The first-order valence-corrected chi connectivity index (χ1v) is 5.67. The van der Waals surface area contributed by atoms with Crippen LogP contribution in [0.5, 0.6) is 0 Å². The highest BCUT2D eigenvalue weighted by molar-refractivity contribution is 5.98. The zero-order valence-electron chi connectivity index (χ0n) is 10.4. The van der Waals surface area contributed by atoms with E-state index in [-0.39, 0.29) is 5.91 Å². The number of carbonyl (C=O) groups excluding carboxylic acids is 1. The molecule has 18 heavy (non-hydrogen) atoms. The molecule has 0 saturated heterocycles. The molecule has 2 rings (SSSR count). The lowest BCUT2D eigenvalue weighted by molar-refractivity contribution is -0.120. The summed E-state index contributed by atoms with van der Waals surface area (Å²) in [6, 6.07) is 9.26. The molecule has 1 unspecified atom stereocenters. The lowest BCUT2D eigenvalue weighted by atomic mass is 9.92. The normalized spacial score (nSPS) is 13.9. The van der Waals surface area contributed by atoms with Gasteiger partial charge in [-0.1, -0.05) is 30.3 Å². The predicted molar refractivity (Wildman–Crippen MR) is 69.9 cm³/mol. The largest absolute Gasteiger partial charge is 0.314 e. The third kappa shape index (κ3) is 2.26. The number of amides is 1. The first-order valence-electron chi connectivity index (χ1n) is 5.67. The van der Waals surface area contributed by atoms with Crippen molar-refractivity contribution in [3.63, 3.8) is 0 Å². The van der Waals surface area contributed by atoms with Gasteiger partial charge in [0, 0.05) is 5.56 Å². The molecule has 2 aromatic rings. The van der Waals surface area contributed by atoms with Gasteiger partial charge in [-0.2, -0.15) is 5.10 Å². The number of rotatable bonds is 3. The number of nitrogens with one attached hydrogen (secondary N) is 2. The molecule has 5 heteroatoms. The van der Waals surface area contributed by atoms with Crippen molar-refractivity contribution in [3.8, 4) is 0 Å². The summed E-state index contributed by atoms with van der Waals surface area (Å²) in [6.07, 6.45) is 1.64. The number of carbonyl (C=O) groups is 1. The summed E-state index contributed by atoms with van der Waals surface area (Å²) >= 11 is 0. The van der Waals surface area contributed by atoms with E-state index >= 15 is 0 Å². The van der Waals surface area contributed by atoms with Gasteiger partial charge in [0.15, 0.2) is 0 Å². The summed E-state index contributed by atoms with van der Waals surface area (Å²) in [5.41, 5.74) is 6.65. The summed E-state index contributed by atoms with van der Waals surface area (Å²) in [5, 5.41) is 9.32. The lowest BCUT2D eigenvalue weighted by Crippen LogP contribution is -2.45. The Morgan fingerprint density at radius 2 is 2.06 bits per heavy atom. The summed E-state index contributed by atoms with van der Waals surface area (Å²) in [7, 11) is 0. The number of nitrogens with zero attached hydrogens (tertiary/aromatic N) is 1. The molecule has 5 nitrogen and oxygen atoms in total. The maximum Gasteiger partial charge on any atom is 0.249 e. The predicted octanol–water partition coefficient (Wildman–Crippen LogP) is 1.53. The van der Waals surface area contributed by atoms with E-state index in [1.165, 1.54) is 0 Å². The topological polar surface area (TPSA) is 83.8 Å². The van der Waals surface area contributed by atoms with Gasteiger partial charge in [-0.05, 0) is 19.4 Å². The molecule has 1 heterocycles. The van der Waals surface area contributed by atoms with Gasteiger partial charge in [-0.25, -0.2) is 0 Å². The summed E-state index contributed by atoms with van der Waals surface area (Å²) in [4.78, 5) is 12.2. The van der Waals surface area contributed by atoms with Gasteiger partial charge in [-0.3, -0.25) is 9.89 Å². The van der Waals surface area contributed by atoms with Crippen LogP contribution in [0.15, 0.2) is 36.5 Å². The summed E-state index contributed by atoms with van der Waals surface area (Å²) < 4.78 is 0. The van der Waals surface area contributed by atoms with E-state index in [4.69, 9.17) is 5.73 Å². The van der Waals surface area contributed by atoms with Crippen molar-refractivity contribution in [2.75, 3.05) is 5.32 Å². The number of hydrogen-bond donors (Lipinski definition) is 3. The second kappa shape index (κ2) is 4.62. The van der Waals surface area contributed by atoms with E-state index < -0.39 is 5.54 Å². The number of hydrogen-bond acceptors (Lipinski definition) is 3. The van der Waals surface area contributed by atoms with Crippen LogP contribution in [-0.2, 0) is 10.3 Å². The van der Waals surface area contributed by atoms with E-state index in [1.54, 1.807) is 13.1 Å². The van der Waals surface area contributed by atoms with Gasteiger partial charge < -0.3 is 11.1 Å². The van der Waals surface area contributed by atoms with Crippen molar-refractivity contribution in [2.24, 2.45) is 5.73 Å². The molecule has 0 aliphatic carbocycles. The van der Waals surface area contributed by atoms with Crippen LogP contribution in [0.25, 0.3) is 0 Å². The molecular formula is C13H16N4O. The second-order valence-electron chi connectivity index (χ2n) is 4.45. The van der Waals surface area contributed by atoms with E-state index in [9.17, 15) is 4.79 Å². The Labute approximate surface area is 105 Å². The molecule has 94 valence electrons. The first-order chi connectivity index (χ1) is 8.51. The maximum absolute atomic E-state index is 12.2. The second-order valence-corrected chi connectivity index (χ2v) is 4.45. The van der Waals surface area contributed by atoms with Crippen molar-refractivity contribution < 1.29 is 4.79 Å². The van der Waals surface area contributed by atoms with Crippen LogP contribution < -0.4 is 11.1 Å². The van der Waals surface area contributed by atoms with Gasteiger partial charge in [-0.15, -0.1) is 0 Å². The first kappa shape index (κ1) is 12.3. The Balaban J connectivity index is 2.21. The van der Waals surface area contributed by atoms with Crippen LogP contribution in [0, 0.1) is 6.92 Å². The van der Waals surface area contributed by atoms with Crippen molar-refractivity contribution in [3.05, 3.63) is 47.7 Å². The number of anilines is 1. The van der Waals surface area contributed by atoms with E-state index in [0.29, 0.717) is 5.82 Å². The third-order valence-electron chi connectivity index (χ3n) is 2.91. The average molecular weight is 244 g/mol. The fourth-order valence-corrected chi connectivity index (χ4v) is 1.63. The van der Waals surface area contributed by atoms with Crippen LogP contribution in [0.4, 0.5) is 5.82 Å². The van der Waals surface area contributed by atoms with Gasteiger partial charge >= 0.3 is 0 Å². The number of aryl methyl sites for hydroxylation is 1. The van der Waals surface area contributed by atoms with Crippen LogP contribution in [0.3, 0.4) is 0 Å². The van der Waals surface area contributed by atoms with Crippen LogP contribution >= 0.6 is 0 Å². The molecule has 0 aliphatic rings. The van der Waals surface area contributed by atoms with Crippen molar-refractivity contribution >= 4 is 11.7 Å². The lowest BCUT2D eigenvalue weighted by Gasteiger charge is -2.23. The smallest absolute Gasteiger partial charge is 0.249 e. The van der Waals surface area contributed by atoms with Crippen molar-refractivity contribution in [1.29, 1.82) is 0 Å². The Morgan fingerprint density at radius 3 is 2.61 bits per heavy atom. The molecule has 1 atom stereocenters. The van der Waals surface area contributed by atoms with E-state index in [1.807, 2.05) is 37.3 Å². The van der Waals surface area contributed by atoms with Gasteiger partial charge in [0.2, 0.25) is 5.91 Å². The highest BCUT2D eigenvalue weighted by atomic mass is 16.2. The van der Waals surface area contributed by atoms with E-state index in [2.05, 4.69) is 15.5 Å². The molecule has 0 aliphatic heterocycles. The van der Waals surface area contributed by atoms with Crippen molar-refractivity contribution in [1.82, 2.24) is 10.2 Å². The van der Waals surface area contributed by atoms with Gasteiger partial charge in [0.25, 0.3) is 0 Å². The van der Waals surface area contributed by atoms with Gasteiger partial charge in [0.05, 0.1) is 6.20 Å². The minimum atomic E-state index is -1.08. The summed E-state index contributed by atoms with van der Waals surface area (Å²) in [6.45, 7) is 3.54. The molecule has 0 bridgehead atoms. The zero-order chi connectivity index (χ0) is 13.2.